The molecule has 0 radical (unpaired) electrons. The third-order valence-corrected chi connectivity index (χ3v) is 10.3. The van der Waals surface area contributed by atoms with Gasteiger partial charge in [-0.05, 0) is 79.4 Å². The molecule has 0 N–H and O–H groups in total. The van der Waals surface area contributed by atoms with Crippen molar-refractivity contribution in [2.75, 3.05) is 47.0 Å². The molecule has 4 aliphatic carbocycles. The Labute approximate surface area is 197 Å². The molecule has 0 atom stereocenters. The second-order valence-corrected chi connectivity index (χ2v) is 12.8. The lowest BCUT2D eigenvalue weighted by atomic mass is 9.49. The van der Waals surface area contributed by atoms with Crippen LogP contribution in [0.3, 0.4) is 0 Å². The maximum Gasteiger partial charge on any atom is 0.246 e. The lowest BCUT2D eigenvalue weighted by Gasteiger charge is -2.57. The molecule has 6 rings (SSSR count). The molecule has 1 aromatic carbocycles. The average molecular weight is 477 g/mol. The van der Waals surface area contributed by atoms with Crippen LogP contribution in [0.1, 0.15) is 44.1 Å². The van der Waals surface area contributed by atoms with Crippen LogP contribution in [0.2, 0.25) is 0 Å². The van der Waals surface area contributed by atoms with Gasteiger partial charge in [0, 0.05) is 26.7 Å². The summed E-state index contributed by atoms with van der Waals surface area (Å²) in [4.78, 5) is 15.2. The quantitative estimate of drug-likeness (QED) is 0.605. The molecule has 4 saturated carbocycles. The lowest BCUT2D eigenvalue weighted by molar-refractivity contribution is -0.134. The van der Waals surface area contributed by atoms with Gasteiger partial charge in [0.1, 0.15) is 10.6 Å². The fraction of sp³-hybridized carbons (Fsp3) is 0.720. The van der Waals surface area contributed by atoms with Gasteiger partial charge in [-0.15, -0.1) is 0 Å². The molecule has 1 aliphatic heterocycles. The molecule has 0 unspecified atom stereocenters. The molecule has 0 spiro atoms. The summed E-state index contributed by atoms with van der Waals surface area (Å²) in [5.41, 5.74) is 0.995. The smallest absolute Gasteiger partial charge is 0.246 e. The van der Waals surface area contributed by atoms with Gasteiger partial charge in [0.05, 0.1) is 26.7 Å². The monoisotopic (exact) mass is 476 g/mol. The zero-order valence-corrected chi connectivity index (χ0v) is 20.6. The lowest BCUT2D eigenvalue weighted by Crippen LogP contribution is -2.51. The van der Waals surface area contributed by atoms with E-state index in [-0.39, 0.29) is 17.2 Å². The van der Waals surface area contributed by atoms with Crippen LogP contribution in [0, 0.1) is 23.2 Å². The molecule has 1 amide bonds. The van der Waals surface area contributed by atoms with Crippen LogP contribution in [-0.4, -0.2) is 70.5 Å². The van der Waals surface area contributed by atoms with E-state index in [0.29, 0.717) is 43.0 Å². The molecular formula is C25H36N2O5S. The molecule has 33 heavy (non-hydrogen) atoms. The predicted octanol–water partition coefficient (Wildman–Crippen LogP) is 2.93. The number of morpholine rings is 1. The number of amides is 1. The SMILES string of the molecule is COc1ccc(CC(=O)N(C)CC23CC4CC(CC(C4)C2)C3)cc1S(=O)(=O)N1CCOCC1. The molecule has 182 valence electrons. The maximum absolute atomic E-state index is 13.2. The van der Waals surface area contributed by atoms with E-state index in [1.807, 2.05) is 11.9 Å². The number of carbonyl (C=O) groups is 1. The van der Waals surface area contributed by atoms with E-state index >= 15 is 0 Å². The molecule has 1 saturated heterocycles. The van der Waals surface area contributed by atoms with Crippen molar-refractivity contribution in [3.05, 3.63) is 23.8 Å². The highest BCUT2D eigenvalue weighted by Gasteiger charge is 2.51. The predicted molar refractivity (Wildman–Crippen MR) is 125 cm³/mol. The first-order chi connectivity index (χ1) is 15.8. The fourth-order valence-electron chi connectivity index (χ4n) is 7.34. The van der Waals surface area contributed by atoms with Crippen LogP contribution in [0.25, 0.3) is 0 Å². The van der Waals surface area contributed by atoms with Gasteiger partial charge >= 0.3 is 0 Å². The van der Waals surface area contributed by atoms with Crippen LogP contribution in [-0.2, 0) is 26.0 Å². The third-order valence-electron chi connectivity index (χ3n) is 8.33. The van der Waals surface area contributed by atoms with Crippen molar-refractivity contribution in [1.82, 2.24) is 9.21 Å². The number of sulfonamides is 1. The molecule has 5 aliphatic rings. The van der Waals surface area contributed by atoms with E-state index in [9.17, 15) is 13.2 Å². The van der Waals surface area contributed by atoms with Crippen LogP contribution in [0.4, 0.5) is 0 Å². The summed E-state index contributed by atoms with van der Waals surface area (Å²) in [5.74, 6) is 2.92. The number of hydrogen-bond acceptors (Lipinski definition) is 5. The summed E-state index contributed by atoms with van der Waals surface area (Å²) in [6.45, 7) is 2.24. The topological polar surface area (TPSA) is 76.2 Å². The van der Waals surface area contributed by atoms with Crippen LogP contribution in [0.5, 0.6) is 5.75 Å². The van der Waals surface area contributed by atoms with Gasteiger partial charge in [0.15, 0.2) is 0 Å². The summed E-state index contributed by atoms with van der Waals surface area (Å²) in [6.07, 6.45) is 8.16. The molecule has 1 aromatic rings. The van der Waals surface area contributed by atoms with Crippen molar-refractivity contribution in [1.29, 1.82) is 0 Å². The number of hydrogen-bond donors (Lipinski definition) is 0. The summed E-state index contributed by atoms with van der Waals surface area (Å²) < 4.78 is 38.6. The minimum Gasteiger partial charge on any atom is -0.495 e. The Bertz CT molecular complexity index is 967. The van der Waals surface area contributed by atoms with E-state index in [4.69, 9.17) is 9.47 Å². The van der Waals surface area contributed by atoms with Crippen molar-refractivity contribution in [2.45, 2.75) is 49.8 Å². The Kier molecular flexibility index (Phi) is 6.20. The summed E-state index contributed by atoms with van der Waals surface area (Å²) in [6, 6.07) is 5.07. The molecule has 4 bridgehead atoms. The molecular weight excluding hydrogens is 440 g/mol. The molecule has 0 aromatic heterocycles. The molecule has 8 heteroatoms. The van der Waals surface area contributed by atoms with Crippen LogP contribution in [0.15, 0.2) is 23.1 Å². The van der Waals surface area contributed by atoms with E-state index in [1.165, 1.54) is 49.9 Å². The number of likely N-dealkylation sites (N-methyl/N-ethyl adjacent to an activating group) is 1. The van der Waals surface area contributed by atoms with E-state index < -0.39 is 10.0 Å². The number of benzene rings is 1. The largest absolute Gasteiger partial charge is 0.495 e. The minimum atomic E-state index is -3.72. The summed E-state index contributed by atoms with van der Waals surface area (Å²) in [7, 11) is -0.334. The Morgan fingerprint density at radius 3 is 2.30 bits per heavy atom. The van der Waals surface area contributed by atoms with Crippen molar-refractivity contribution in [3.63, 3.8) is 0 Å². The second kappa shape index (κ2) is 8.86. The highest BCUT2D eigenvalue weighted by atomic mass is 32.2. The first-order valence-electron chi connectivity index (χ1n) is 12.3. The Hall–Kier alpha value is -1.64. The van der Waals surface area contributed by atoms with Gasteiger partial charge in [-0.25, -0.2) is 8.42 Å². The highest BCUT2D eigenvalue weighted by Crippen LogP contribution is 2.60. The van der Waals surface area contributed by atoms with Crippen LogP contribution < -0.4 is 4.74 Å². The number of nitrogens with zero attached hydrogens (tertiary/aromatic N) is 2. The van der Waals surface area contributed by atoms with Crippen molar-refractivity contribution < 1.29 is 22.7 Å². The first-order valence-corrected chi connectivity index (χ1v) is 13.7. The Balaban J connectivity index is 1.30. The van der Waals surface area contributed by atoms with Gasteiger partial charge < -0.3 is 14.4 Å². The molecule has 7 nitrogen and oxygen atoms in total. The number of methoxy groups -OCH3 is 1. The maximum atomic E-state index is 13.2. The number of ether oxygens (including phenoxy) is 2. The molecule has 1 heterocycles. The van der Waals surface area contributed by atoms with Gasteiger partial charge in [0.25, 0.3) is 0 Å². The third kappa shape index (κ3) is 4.54. The fourth-order valence-corrected chi connectivity index (χ4v) is 8.96. The van der Waals surface area contributed by atoms with Gasteiger partial charge in [-0.2, -0.15) is 4.31 Å². The number of carbonyl (C=O) groups excluding carboxylic acids is 1. The molecule has 5 fully saturated rings. The average Bonchev–Trinajstić information content (AvgIpc) is 2.78. The Morgan fingerprint density at radius 2 is 1.73 bits per heavy atom. The van der Waals surface area contributed by atoms with Gasteiger partial charge in [-0.1, -0.05) is 6.07 Å². The van der Waals surface area contributed by atoms with Crippen molar-refractivity contribution in [2.24, 2.45) is 23.2 Å². The summed E-state index contributed by atoms with van der Waals surface area (Å²) in [5, 5.41) is 0. The van der Waals surface area contributed by atoms with E-state index in [2.05, 4.69) is 0 Å². The van der Waals surface area contributed by atoms with Gasteiger partial charge in [-0.3, -0.25) is 4.79 Å². The van der Waals surface area contributed by atoms with E-state index in [1.54, 1.807) is 18.2 Å². The normalized spacial score (nSPS) is 31.5. The Morgan fingerprint density at radius 1 is 1.12 bits per heavy atom. The van der Waals surface area contributed by atoms with Crippen LogP contribution >= 0.6 is 0 Å². The first kappa shape index (κ1) is 23.1. The van der Waals surface area contributed by atoms with E-state index in [0.717, 1.165) is 24.3 Å². The van der Waals surface area contributed by atoms with Crippen molar-refractivity contribution >= 4 is 15.9 Å². The van der Waals surface area contributed by atoms with Crippen molar-refractivity contribution in [3.8, 4) is 5.75 Å². The highest BCUT2D eigenvalue weighted by molar-refractivity contribution is 7.89. The number of rotatable bonds is 7. The van der Waals surface area contributed by atoms with Gasteiger partial charge in [0.2, 0.25) is 15.9 Å². The standard InChI is InChI=1S/C25H36N2O5S/c1-26(17-25-14-19-9-20(15-25)11-21(10-19)16-25)24(28)13-18-3-4-22(31-2)23(12-18)33(29,30)27-5-7-32-8-6-27/h3-4,12,19-21H,5-11,13-17H2,1-2H3. The zero-order valence-electron chi connectivity index (χ0n) is 19.8. The second-order valence-electron chi connectivity index (χ2n) is 10.8. The zero-order chi connectivity index (χ0) is 23.2. The summed E-state index contributed by atoms with van der Waals surface area (Å²) >= 11 is 0. The minimum absolute atomic E-state index is 0.0469.